The summed E-state index contributed by atoms with van der Waals surface area (Å²) in [6, 6.07) is 5.55. The smallest absolute Gasteiger partial charge is 0.336 e. The molecule has 6 heteroatoms. The number of rotatable bonds is 2. The Bertz CT molecular complexity index is 669. The van der Waals surface area contributed by atoms with Crippen molar-refractivity contribution in [1.82, 2.24) is 10.3 Å². The molecule has 0 unspecified atom stereocenters. The minimum absolute atomic E-state index is 0.0861. The van der Waals surface area contributed by atoms with Crippen LogP contribution in [-0.2, 0) is 0 Å². The van der Waals surface area contributed by atoms with Crippen molar-refractivity contribution in [3.8, 4) is 0 Å². The third kappa shape index (κ3) is 2.30. The molecular formula is C14H14FN3O2. The molecule has 0 amide bonds. The van der Waals surface area contributed by atoms with Crippen LogP contribution in [0.5, 0.6) is 0 Å². The van der Waals surface area contributed by atoms with Gasteiger partial charge in [0.05, 0.1) is 11.1 Å². The van der Waals surface area contributed by atoms with Crippen LogP contribution >= 0.6 is 0 Å². The van der Waals surface area contributed by atoms with Crippen LogP contribution in [0.15, 0.2) is 24.3 Å². The van der Waals surface area contributed by atoms with Crippen molar-refractivity contribution < 1.29 is 14.3 Å². The van der Waals surface area contributed by atoms with Crippen LogP contribution < -0.4 is 10.2 Å². The zero-order chi connectivity index (χ0) is 14.1. The second-order valence-corrected chi connectivity index (χ2v) is 4.73. The Kier molecular flexibility index (Phi) is 3.23. The Morgan fingerprint density at radius 3 is 2.75 bits per heavy atom. The van der Waals surface area contributed by atoms with Gasteiger partial charge in [-0.25, -0.2) is 14.2 Å². The number of aromatic carboxylic acids is 1. The molecule has 0 saturated carbocycles. The van der Waals surface area contributed by atoms with Crippen LogP contribution in [0, 0.1) is 5.82 Å². The third-order valence-corrected chi connectivity index (χ3v) is 3.43. The first-order chi connectivity index (χ1) is 9.65. The number of hydrogen-bond donors (Lipinski definition) is 2. The molecule has 3 rings (SSSR count). The molecule has 20 heavy (non-hydrogen) atoms. The summed E-state index contributed by atoms with van der Waals surface area (Å²) in [5.74, 6) is -0.904. The third-order valence-electron chi connectivity index (χ3n) is 3.43. The molecule has 0 aliphatic carbocycles. The second kappa shape index (κ2) is 5.05. The number of carboxylic acids is 1. The van der Waals surface area contributed by atoms with Crippen molar-refractivity contribution in [3.05, 3.63) is 35.6 Å². The summed E-state index contributed by atoms with van der Waals surface area (Å²) in [6.07, 6.45) is 0. The lowest BCUT2D eigenvalue weighted by Gasteiger charge is -2.28. The van der Waals surface area contributed by atoms with Gasteiger partial charge in [0.15, 0.2) is 0 Å². The van der Waals surface area contributed by atoms with Gasteiger partial charge < -0.3 is 15.3 Å². The van der Waals surface area contributed by atoms with Crippen molar-refractivity contribution in [1.29, 1.82) is 0 Å². The molecule has 0 radical (unpaired) electrons. The highest BCUT2D eigenvalue weighted by atomic mass is 19.1. The Balaban J connectivity index is 2.15. The minimum Gasteiger partial charge on any atom is -0.478 e. The number of carboxylic acid groups (broad SMARTS) is 1. The highest BCUT2D eigenvalue weighted by Gasteiger charge is 2.17. The van der Waals surface area contributed by atoms with Crippen LogP contribution in [0.1, 0.15) is 10.4 Å². The van der Waals surface area contributed by atoms with E-state index in [0.717, 1.165) is 26.2 Å². The largest absolute Gasteiger partial charge is 0.478 e. The molecule has 0 spiro atoms. The molecule has 1 aromatic heterocycles. The Labute approximate surface area is 115 Å². The van der Waals surface area contributed by atoms with Crippen LogP contribution in [0.25, 0.3) is 10.9 Å². The predicted octanol–water partition coefficient (Wildman–Crippen LogP) is 1.48. The van der Waals surface area contributed by atoms with Crippen molar-refractivity contribution >= 4 is 22.7 Å². The predicted molar refractivity (Wildman–Crippen MR) is 73.7 cm³/mol. The van der Waals surface area contributed by atoms with E-state index in [-0.39, 0.29) is 5.56 Å². The van der Waals surface area contributed by atoms with Gasteiger partial charge in [-0.1, -0.05) is 0 Å². The lowest BCUT2D eigenvalue weighted by Crippen LogP contribution is -2.44. The molecule has 2 N–H and O–H groups in total. The maximum absolute atomic E-state index is 13.3. The van der Waals surface area contributed by atoms with Crippen molar-refractivity contribution in [2.45, 2.75) is 0 Å². The van der Waals surface area contributed by atoms with Crippen LogP contribution in [0.4, 0.5) is 10.2 Å². The molecule has 1 aliphatic rings. The number of halogens is 1. The average Bonchev–Trinajstić information content (AvgIpc) is 2.47. The molecule has 5 nitrogen and oxygen atoms in total. The first-order valence-corrected chi connectivity index (χ1v) is 6.44. The summed E-state index contributed by atoms with van der Waals surface area (Å²) >= 11 is 0. The highest BCUT2D eigenvalue weighted by molar-refractivity contribution is 6.03. The van der Waals surface area contributed by atoms with E-state index in [0.29, 0.717) is 16.7 Å². The monoisotopic (exact) mass is 275 g/mol. The summed E-state index contributed by atoms with van der Waals surface area (Å²) < 4.78 is 13.3. The summed E-state index contributed by atoms with van der Waals surface area (Å²) in [6.45, 7) is 3.23. The molecule has 0 atom stereocenters. The number of anilines is 1. The van der Waals surface area contributed by atoms with Crippen LogP contribution in [0.2, 0.25) is 0 Å². The van der Waals surface area contributed by atoms with Gasteiger partial charge in [0, 0.05) is 31.6 Å². The molecule has 2 aromatic rings. The van der Waals surface area contributed by atoms with E-state index in [1.807, 2.05) is 4.90 Å². The zero-order valence-corrected chi connectivity index (χ0v) is 10.8. The zero-order valence-electron chi connectivity index (χ0n) is 10.8. The molecule has 1 aromatic carbocycles. The van der Waals surface area contributed by atoms with Crippen LogP contribution in [-0.4, -0.2) is 42.2 Å². The van der Waals surface area contributed by atoms with Gasteiger partial charge >= 0.3 is 5.97 Å². The number of hydrogen-bond acceptors (Lipinski definition) is 4. The topological polar surface area (TPSA) is 65.5 Å². The number of aromatic nitrogens is 1. The average molecular weight is 275 g/mol. The van der Waals surface area contributed by atoms with Gasteiger partial charge in [0.2, 0.25) is 0 Å². The van der Waals surface area contributed by atoms with Crippen LogP contribution in [0.3, 0.4) is 0 Å². The minimum atomic E-state index is -1.07. The van der Waals surface area contributed by atoms with E-state index in [9.17, 15) is 14.3 Å². The fourth-order valence-electron chi connectivity index (χ4n) is 2.42. The first kappa shape index (κ1) is 12.8. The number of nitrogens with zero attached hydrogens (tertiary/aromatic N) is 2. The number of nitrogens with one attached hydrogen (secondary N) is 1. The van der Waals surface area contributed by atoms with E-state index in [1.165, 1.54) is 24.3 Å². The number of fused-ring (bicyclic) bond motifs is 1. The Morgan fingerprint density at radius 2 is 2.05 bits per heavy atom. The summed E-state index contributed by atoms with van der Waals surface area (Å²) in [5, 5.41) is 12.9. The number of benzene rings is 1. The van der Waals surface area contributed by atoms with Gasteiger partial charge in [0.25, 0.3) is 0 Å². The summed E-state index contributed by atoms with van der Waals surface area (Å²) in [7, 11) is 0. The SMILES string of the molecule is O=C(O)c1cc(N2CCNCC2)nc2ccc(F)cc12. The van der Waals surface area contributed by atoms with Crippen molar-refractivity contribution in [2.75, 3.05) is 31.1 Å². The van der Waals surface area contributed by atoms with E-state index in [2.05, 4.69) is 10.3 Å². The molecule has 0 bridgehead atoms. The summed E-state index contributed by atoms with van der Waals surface area (Å²) in [4.78, 5) is 17.9. The van der Waals surface area contributed by atoms with Gasteiger partial charge in [0.1, 0.15) is 11.6 Å². The normalized spacial score (nSPS) is 15.6. The van der Waals surface area contributed by atoms with Gasteiger partial charge in [-0.3, -0.25) is 0 Å². The van der Waals surface area contributed by atoms with Gasteiger partial charge in [-0.2, -0.15) is 0 Å². The fourth-order valence-corrected chi connectivity index (χ4v) is 2.42. The molecule has 1 aliphatic heterocycles. The van der Waals surface area contributed by atoms with Crippen molar-refractivity contribution in [2.24, 2.45) is 0 Å². The number of carbonyl (C=O) groups is 1. The van der Waals surface area contributed by atoms with E-state index >= 15 is 0 Å². The van der Waals surface area contributed by atoms with E-state index in [1.54, 1.807) is 0 Å². The Hall–Kier alpha value is -2.21. The lowest BCUT2D eigenvalue weighted by atomic mass is 10.1. The van der Waals surface area contributed by atoms with Crippen molar-refractivity contribution in [3.63, 3.8) is 0 Å². The molecule has 1 fully saturated rings. The Morgan fingerprint density at radius 1 is 1.30 bits per heavy atom. The highest BCUT2D eigenvalue weighted by Crippen LogP contribution is 2.24. The quantitative estimate of drug-likeness (QED) is 0.869. The van der Waals surface area contributed by atoms with Gasteiger partial charge in [-0.05, 0) is 24.3 Å². The second-order valence-electron chi connectivity index (χ2n) is 4.73. The standard InChI is InChI=1S/C14H14FN3O2/c15-9-1-2-12-10(7-9)11(14(19)20)8-13(17-12)18-5-3-16-4-6-18/h1-2,7-8,16H,3-6H2,(H,19,20). The van der Waals surface area contributed by atoms with Gasteiger partial charge in [-0.15, -0.1) is 0 Å². The molecular weight excluding hydrogens is 261 g/mol. The molecule has 1 saturated heterocycles. The fraction of sp³-hybridized carbons (Fsp3) is 0.286. The molecule has 104 valence electrons. The van der Waals surface area contributed by atoms with E-state index in [4.69, 9.17) is 0 Å². The number of piperazine rings is 1. The number of pyridine rings is 1. The van der Waals surface area contributed by atoms with E-state index < -0.39 is 11.8 Å². The maximum Gasteiger partial charge on any atom is 0.336 e. The summed E-state index contributed by atoms with van der Waals surface area (Å²) in [5.41, 5.74) is 0.586. The first-order valence-electron chi connectivity index (χ1n) is 6.44. The molecule has 2 heterocycles. The lowest BCUT2D eigenvalue weighted by molar-refractivity contribution is 0.0699. The maximum atomic E-state index is 13.3.